The van der Waals surface area contributed by atoms with E-state index in [0.29, 0.717) is 18.8 Å². The molecule has 1 aromatic carbocycles. The molecule has 0 atom stereocenters. The number of guanidine groups is 1. The Balaban J connectivity index is 1.23. The molecule has 172 valence electrons. The molecule has 0 radical (unpaired) electrons. The minimum atomic E-state index is -0.0447. The molecule has 2 fully saturated rings. The maximum absolute atomic E-state index is 12.5. The number of rotatable bonds is 5. The van der Waals surface area contributed by atoms with E-state index in [0.717, 1.165) is 38.1 Å². The van der Waals surface area contributed by atoms with Gasteiger partial charge in [0.25, 0.3) is 5.91 Å². The van der Waals surface area contributed by atoms with Crippen LogP contribution in [0.3, 0.4) is 0 Å². The maximum Gasteiger partial charge on any atom is 0.289 e. The zero-order chi connectivity index (χ0) is 22.3. The molecule has 2 aromatic rings. The van der Waals surface area contributed by atoms with Gasteiger partial charge in [-0.25, -0.2) is 0 Å². The summed E-state index contributed by atoms with van der Waals surface area (Å²) in [7, 11) is 1.81. The molecular weight excluding hydrogens is 402 g/mol. The van der Waals surface area contributed by atoms with Crippen molar-refractivity contribution in [2.45, 2.75) is 32.9 Å². The van der Waals surface area contributed by atoms with Crippen LogP contribution in [0.5, 0.6) is 0 Å². The Hall–Kier alpha value is -2.80. The zero-order valence-corrected chi connectivity index (χ0v) is 19.3. The SMILES string of the molecule is CN=C(NCc1ccc(CN2CCC(C)CC2)cc1)N1CCN(C(=O)c2ccco2)CC1. The quantitative estimate of drug-likeness (QED) is 0.575. The lowest BCUT2D eigenvalue weighted by atomic mass is 9.99. The summed E-state index contributed by atoms with van der Waals surface area (Å²) in [6, 6.07) is 12.4. The van der Waals surface area contributed by atoms with Crippen LogP contribution >= 0.6 is 0 Å². The first-order valence-electron chi connectivity index (χ1n) is 11.7. The Morgan fingerprint density at radius 3 is 2.28 bits per heavy atom. The standard InChI is InChI=1S/C25H35N5O2/c1-20-9-11-28(12-10-20)19-22-7-5-21(6-8-22)18-27-25(26-2)30-15-13-29(14-16-30)24(31)23-4-3-17-32-23/h3-8,17,20H,9-16,18-19H2,1-2H3,(H,26,27). The number of piperidine rings is 1. The zero-order valence-electron chi connectivity index (χ0n) is 19.3. The van der Waals surface area contributed by atoms with Crippen molar-refractivity contribution in [1.29, 1.82) is 0 Å². The number of carbonyl (C=O) groups is 1. The van der Waals surface area contributed by atoms with Crippen molar-refractivity contribution in [3.05, 3.63) is 59.5 Å². The first-order chi connectivity index (χ1) is 15.6. The van der Waals surface area contributed by atoms with Crippen molar-refractivity contribution in [2.24, 2.45) is 10.9 Å². The number of piperazine rings is 1. The summed E-state index contributed by atoms with van der Waals surface area (Å²) < 4.78 is 5.24. The summed E-state index contributed by atoms with van der Waals surface area (Å²) in [4.78, 5) is 23.5. The van der Waals surface area contributed by atoms with Gasteiger partial charge in [0.05, 0.1) is 6.26 Å². The van der Waals surface area contributed by atoms with Crippen molar-refractivity contribution < 1.29 is 9.21 Å². The van der Waals surface area contributed by atoms with Gasteiger partial charge in [-0.2, -0.15) is 0 Å². The molecule has 1 amide bonds. The highest BCUT2D eigenvalue weighted by Crippen LogP contribution is 2.18. The highest BCUT2D eigenvalue weighted by molar-refractivity contribution is 5.91. The number of furan rings is 1. The molecule has 7 nitrogen and oxygen atoms in total. The fourth-order valence-corrected chi connectivity index (χ4v) is 4.43. The van der Waals surface area contributed by atoms with Crippen LogP contribution in [-0.4, -0.2) is 72.9 Å². The average Bonchev–Trinajstić information content (AvgIpc) is 3.37. The van der Waals surface area contributed by atoms with Gasteiger partial charge in [-0.1, -0.05) is 31.2 Å². The molecule has 0 saturated carbocycles. The van der Waals surface area contributed by atoms with Gasteiger partial charge in [0.15, 0.2) is 11.7 Å². The lowest BCUT2D eigenvalue weighted by Gasteiger charge is -2.36. The molecule has 0 aliphatic carbocycles. The highest BCUT2D eigenvalue weighted by Gasteiger charge is 2.25. The van der Waals surface area contributed by atoms with Crippen molar-refractivity contribution in [1.82, 2.24) is 20.0 Å². The molecule has 3 heterocycles. The number of likely N-dealkylation sites (tertiary alicyclic amines) is 1. The van der Waals surface area contributed by atoms with E-state index in [9.17, 15) is 4.79 Å². The molecule has 0 spiro atoms. The van der Waals surface area contributed by atoms with E-state index >= 15 is 0 Å². The number of benzene rings is 1. The van der Waals surface area contributed by atoms with Crippen LogP contribution in [-0.2, 0) is 13.1 Å². The predicted molar refractivity (Wildman–Crippen MR) is 127 cm³/mol. The first-order valence-corrected chi connectivity index (χ1v) is 11.7. The van der Waals surface area contributed by atoms with Gasteiger partial charge in [-0.15, -0.1) is 0 Å². The minimum absolute atomic E-state index is 0.0447. The summed E-state index contributed by atoms with van der Waals surface area (Å²) in [5.74, 6) is 2.10. The predicted octanol–water partition coefficient (Wildman–Crippen LogP) is 3.04. The molecule has 2 saturated heterocycles. The van der Waals surface area contributed by atoms with Gasteiger partial charge in [-0.3, -0.25) is 14.7 Å². The Morgan fingerprint density at radius 1 is 1.00 bits per heavy atom. The van der Waals surface area contributed by atoms with Crippen LogP contribution in [0.1, 0.15) is 41.4 Å². The molecule has 0 unspecified atom stereocenters. The summed E-state index contributed by atoms with van der Waals surface area (Å²) in [5.41, 5.74) is 2.62. The molecule has 7 heteroatoms. The monoisotopic (exact) mass is 437 g/mol. The summed E-state index contributed by atoms with van der Waals surface area (Å²) >= 11 is 0. The van der Waals surface area contributed by atoms with Crippen LogP contribution in [0.25, 0.3) is 0 Å². The van der Waals surface area contributed by atoms with Gasteiger partial charge >= 0.3 is 0 Å². The summed E-state index contributed by atoms with van der Waals surface area (Å²) in [6.07, 6.45) is 4.16. The molecule has 32 heavy (non-hydrogen) atoms. The van der Waals surface area contributed by atoms with E-state index in [2.05, 4.69) is 51.3 Å². The molecular formula is C25H35N5O2. The van der Waals surface area contributed by atoms with Crippen molar-refractivity contribution in [3.63, 3.8) is 0 Å². The number of hydrogen-bond donors (Lipinski definition) is 1. The molecule has 1 N–H and O–H groups in total. The summed E-state index contributed by atoms with van der Waals surface area (Å²) in [6.45, 7) is 9.37. The number of nitrogens with zero attached hydrogens (tertiary/aromatic N) is 4. The van der Waals surface area contributed by atoms with Crippen LogP contribution in [0, 0.1) is 5.92 Å². The van der Waals surface area contributed by atoms with Crippen molar-refractivity contribution in [3.8, 4) is 0 Å². The lowest BCUT2D eigenvalue weighted by molar-refractivity contribution is 0.0657. The largest absolute Gasteiger partial charge is 0.459 e. The fraction of sp³-hybridized carbons (Fsp3) is 0.520. The normalized spacial score (nSPS) is 18.8. The number of nitrogens with one attached hydrogen (secondary N) is 1. The van der Waals surface area contributed by atoms with Crippen molar-refractivity contribution >= 4 is 11.9 Å². The number of carbonyl (C=O) groups excluding carboxylic acids is 1. The molecule has 4 rings (SSSR count). The Labute approximate surface area is 191 Å². The molecule has 2 aliphatic heterocycles. The Kier molecular flexibility index (Phi) is 7.47. The van der Waals surface area contributed by atoms with Gasteiger partial charge in [0.1, 0.15) is 0 Å². The smallest absolute Gasteiger partial charge is 0.289 e. The van der Waals surface area contributed by atoms with E-state index in [1.165, 1.54) is 43.3 Å². The van der Waals surface area contributed by atoms with Crippen molar-refractivity contribution in [2.75, 3.05) is 46.3 Å². The van der Waals surface area contributed by atoms with Crippen LogP contribution in [0.2, 0.25) is 0 Å². The minimum Gasteiger partial charge on any atom is -0.459 e. The Bertz CT molecular complexity index is 878. The third kappa shape index (κ3) is 5.71. The molecule has 2 aliphatic rings. The second kappa shape index (κ2) is 10.7. The van der Waals surface area contributed by atoms with Crippen LogP contribution in [0.4, 0.5) is 0 Å². The van der Waals surface area contributed by atoms with E-state index < -0.39 is 0 Å². The Morgan fingerprint density at radius 2 is 1.66 bits per heavy atom. The molecule has 0 bridgehead atoms. The lowest BCUT2D eigenvalue weighted by Crippen LogP contribution is -2.53. The second-order valence-corrected chi connectivity index (χ2v) is 8.93. The number of hydrogen-bond acceptors (Lipinski definition) is 4. The summed E-state index contributed by atoms with van der Waals surface area (Å²) in [5, 5.41) is 3.48. The second-order valence-electron chi connectivity index (χ2n) is 8.93. The van der Waals surface area contributed by atoms with E-state index in [-0.39, 0.29) is 5.91 Å². The topological polar surface area (TPSA) is 64.3 Å². The van der Waals surface area contributed by atoms with Crippen LogP contribution < -0.4 is 5.32 Å². The van der Waals surface area contributed by atoms with E-state index in [1.807, 2.05) is 11.9 Å². The van der Waals surface area contributed by atoms with E-state index in [1.54, 1.807) is 12.1 Å². The fourth-order valence-electron chi connectivity index (χ4n) is 4.43. The van der Waals surface area contributed by atoms with Gasteiger partial charge < -0.3 is 19.5 Å². The number of amides is 1. The third-order valence-corrected chi connectivity index (χ3v) is 6.57. The highest BCUT2D eigenvalue weighted by atomic mass is 16.3. The van der Waals surface area contributed by atoms with Gasteiger partial charge in [-0.05, 0) is 55.1 Å². The molecule has 1 aromatic heterocycles. The van der Waals surface area contributed by atoms with E-state index in [4.69, 9.17) is 4.42 Å². The van der Waals surface area contributed by atoms with Gasteiger partial charge in [0.2, 0.25) is 0 Å². The van der Waals surface area contributed by atoms with Gasteiger partial charge in [0, 0.05) is 46.3 Å². The van der Waals surface area contributed by atoms with Crippen LogP contribution in [0.15, 0.2) is 52.1 Å². The number of aliphatic imine (C=N–C) groups is 1. The third-order valence-electron chi connectivity index (χ3n) is 6.57. The average molecular weight is 438 g/mol. The first kappa shape index (κ1) is 22.4. The maximum atomic E-state index is 12.5.